The molecule has 2 aromatic rings. The van der Waals surface area contributed by atoms with Crippen molar-refractivity contribution in [3.05, 3.63) is 30.0 Å². The molecule has 6 nitrogen and oxygen atoms in total. The van der Waals surface area contributed by atoms with Crippen molar-refractivity contribution in [1.82, 2.24) is 9.97 Å². The number of nitriles is 1. The molecular weight excluding hydrogens is 280 g/mol. The number of hydrogen-bond donors (Lipinski definition) is 0. The average molecular weight is 296 g/mol. The minimum Gasteiger partial charge on any atom is -0.468 e. The van der Waals surface area contributed by atoms with Crippen LogP contribution in [0.3, 0.4) is 0 Å². The van der Waals surface area contributed by atoms with E-state index >= 15 is 0 Å². The van der Waals surface area contributed by atoms with Crippen molar-refractivity contribution in [2.24, 2.45) is 0 Å². The van der Waals surface area contributed by atoms with Crippen LogP contribution >= 0.6 is 0 Å². The molecular formula is C16H16N4O2. The van der Waals surface area contributed by atoms with Gasteiger partial charge in [0.25, 0.3) is 0 Å². The molecule has 2 heterocycles. The van der Waals surface area contributed by atoms with Gasteiger partial charge in [0.05, 0.1) is 24.2 Å². The number of anilines is 1. The van der Waals surface area contributed by atoms with E-state index in [2.05, 4.69) is 14.9 Å². The normalized spacial score (nSPS) is 15.5. The molecule has 6 heteroatoms. The number of ether oxygens (including phenoxy) is 1. The predicted octanol–water partition coefficient (Wildman–Crippen LogP) is 2.01. The number of nitrogens with zero attached hydrogens (tertiary/aromatic N) is 4. The van der Waals surface area contributed by atoms with Gasteiger partial charge < -0.3 is 9.64 Å². The molecule has 0 amide bonds. The summed E-state index contributed by atoms with van der Waals surface area (Å²) in [6.45, 7) is 1.72. The van der Waals surface area contributed by atoms with E-state index in [1.165, 1.54) is 7.11 Å². The van der Waals surface area contributed by atoms with Crippen molar-refractivity contribution in [2.45, 2.75) is 18.8 Å². The fourth-order valence-corrected chi connectivity index (χ4v) is 2.70. The van der Waals surface area contributed by atoms with Crippen LogP contribution < -0.4 is 4.90 Å². The molecule has 1 atom stereocenters. The molecule has 0 unspecified atom stereocenters. The number of hydrogen-bond acceptors (Lipinski definition) is 6. The third-order valence-electron chi connectivity index (χ3n) is 3.82. The molecule has 0 bridgehead atoms. The van der Waals surface area contributed by atoms with Gasteiger partial charge in [-0.1, -0.05) is 12.1 Å². The van der Waals surface area contributed by atoms with Gasteiger partial charge in [-0.15, -0.1) is 0 Å². The minimum absolute atomic E-state index is 0.384. The van der Waals surface area contributed by atoms with Gasteiger partial charge in [0.2, 0.25) is 0 Å². The standard InChI is InChI=1S/C16H16N4O2/c1-22-16(21)11(10-17)14-15(20-8-4-5-9-20)19-13-7-3-2-6-12(13)18-14/h2-3,6-7,11H,4-5,8-9H2,1H3/t11-/m0/s1. The Morgan fingerprint density at radius 2 is 1.91 bits per heavy atom. The molecule has 112 valence electrons. The second-order valence-electron chi connectivity index (χ2n) is 5.20. The summed E-state index contributed by atoms with van der Waals surface area (Å²) in [5, 5.41) is 9.38. The number of esters is 1. The molecule has 0 spiro atoms. The van der Waals surface area contributed by atoms with Crippen molar-refractivity contribution in [3.63, 3.8) is 0 Å². The highest BCUT2D eigenvalue weighted by atomic mass is 16.5. The summed E-state index contributed by atoms with van der Waals surface area (Å²) in [7, 11) is 1.27. The maximum Gasteiger partial charge on any atom is 0.329 e. The minimum atomic E-state index is -1.06. The van der Waals surface area contributed by atoms with Gasteiger partial charge in [-0.2, -0.15) is 5.26 Å². The van der Waals surface area contributed by atoms with E-state index in [4.69, 9.17) is 4.74 Å². The number of para-hydroxylation sites is 2. The second kappa shape index (κ2) is 5.98. The zero-order valence-electron chi connectivity index (χ0n) is 12.3. The van der Waals surface area contributed by atoms with Crippen molar-refractivity contribution in [2.75, 3.05) is 25.1 Å². The molecule has 1 aromatic carbocycles. The van der Waals surface area contributed by atoms with E-state index in [0.717, 1.165) is 31.4 Å². The summed E-state index contributed by atoms with van der Waals surface area (Å²) in [6, 6.07) is 9.45. The van der Waals surface area contributed by atoms with Crippen LogP contribution in [0.1, 0.15) is 24.5 Å². The van der Waals surface area contributed by atoms with E-state index in [1.807, 2.05) is 30.3 Å². The van der Waals surface area contributed by atoms with Gasteiger partial charge in [0, 0.05) is 13.1 Å². The Labute approximate surface area is 128 Å². The van der Waals surface area contributed by atoms with E-state index in [-0.39, 0.29) is 0 Å². The molecule has 0 N–H and O–H groups in total. The van der Waals surface area contributed by atoms with Gasteiger partial charge in [-0.05, 0) is 25.0 Å². The summed E-state index contributed by atoms with van der Waals surface area (Å²) in [4.78, 5) is 23.2. The lowest BCUT2D eigenvalue weighted by atomic mass is 10.1. The highest BCUT2D eigenvalue weighted by Gasteiger charge is 2.30. The lowest BCUT2D eigenvalue weighted by molar-refractivity contribution is -0.141. The molecule has 1 aliphatic heterocycles. The monoisotopic (exact) mass is 296 g/mol. The fraction of sp³-hybridized carbons (Fsp3) is 0.375. The quantitative estimate of drug-likeness (QED) is 0.806. The van der Waals surface area contributed by atoms with Crippen LogP contribution in [0, 0.1) is 11.3 Å². The number of carbonyl (C=O) groups is 1. The predicted molar refractivity (Wildman–Crippen MR) is 81.4 cm³/mol. The largest absolute Gasteiger partial charge is 0.468 e. The maximum atomic E-state index is 11.9. The first-order chi connectivity index (χ1) is 10.7. The summed E-state index contributed by atoms with van der Waals surface area (Å²) in [6.07, 6.45) is 2.15. The van der Waals surface area contributed by atoms with Gasteiger partial charge in [0.15, 0.2) is 11.7 Å². The molecule has 0 saturated carbocycles. The van der Waals surface area contributed by atoms with Crippen LogP contribution in [0.4, 0.5) is 5.82 Å². The summed E-state index contributed by atoms with van der Waals surface area (Å²) < 4.78 is 4.74. The number of aromatic nitrogens is 2. The number of methoxy groups -OCH3 is 1. The average Bonchev–Trinajstić information content (AvgIpc) is 3.09. The van der Waals surface area contributed by atoms with E-state index in [1.54, 1.807) is 0 Å². The molecule has 1 aliphatic rings. The smallest absolute Gasteiger partial charge is 0.329 e. The number of carbonyl (C=O) groups excluding carboxylic acids is 1. The summed E-state index contributed by atoms with van der Waals surface area (Å²) in [5.41, 5.74) is 1.81. The lowest BCUT2D eigenvalue weighted by Gasteiger charge is -2.21. The van der Waals surface area contributed by atoms with E-state index in [0.29, 0.717) is 17.0 Å². The van der Waals surface area contributed by atoms with Gasteiger partial charge in [-0.25, -0.2) is 9.97 Å². The van der Waals surface area contributed by atoms with Crippen molar-refractivity contribution < 1.29 is 9.53 Å². The first-order valence-corrected chi connectivity index (χ1v) is 7.23. The Bertz CT molecular complexity index is 747. The van der Waals surface area contributed by atoms with Crippen LogP contribution in [0.2, 0.25) is 0 Å². The molecule has 1 saturated heterocycles. The van der Waals surface area contributed by atoms with E-state index in [9.17, 15) is 10.1 Å². The van der Waals surface area contributed by atoms with Crippen LogP contribution in [-0.4, -0.2) is 36.1 Å². The molecule has 3 rings (SSSR count). The molecule has 1 fully saturated rings. The Kier molecular flexibility index (Phi) is 3.88. The van der Waals surface area contributed by atoms with Gasteiger partial charge in [0.1, 0.15) is 5.69 Å². The van der Waals surface area contributed by atoms with E-state index < -0.39 is 11.9 Å². The number of rotatable bonds is 3. The first kappa shape index (κ1) is 14.3. The molecule has 1 aromatic heterocycles. The highest BCUT2D eigenvalue weighted by molar-refractivity contribution is 5.85. The van der Waals surface area contributed by atoms with Gasteiger partial charge >= 0.3 is 5.97 Å². The zero-order valence-corrected chi connectivity index (χ0v) is 12.3. The van der Waals surface area contributed by atoms with Crippen molar-refractivity contribution in [1.29, 1.82) is 5.26 Å². The molecule has 0 aliphatic carbocycles. The third-order valence-corrected chi connectivity index (χ3v) is 3.82. The van der Waals surface area contributed by atoms with Crippen molar-refractivity contribution in [3.8, 4) is 6.07 Å². The first-order valence-electron chi connectivity index (χ1n) is 7.23. The van der Waals surface area contributed by atoms with Gasteiger partial charge in [-0.3, -0.25) is 4.79 Å². The van der Waals surface area contributed by atoms with Crippen molar-refractivity contribution >= 4 is 22.8 Å². The number of benzene rings is 1. The third kappa shape index (κ3) is 2.46. The highest BCUT2D eigenvalue weighted by Crippen LogP contribution is 2.29. The zero-order chi connectivity index (χ0) is 15.5. The Morgan fingerprint density at radius 3 is 2.50 bits per heavy atom. The van der Waals surface area contributed by atoms with Crippen LogP contribution in [0.5, 0.6) is 0 Å². The Hall–Kier alpha value is -2.68. The molecule has 22 heavy (non-hydrogen) atoms. The summed E-state index contributed by atoms with van der Waals surface area (Å²) in [5.74, 6) is -1.04. The lowest BCUT2D eigenvalue weighted by Crippen LogP contribution is -2.24. The second-order valence-corrected chi connectivity index (χ2v) is 5.20. The Morgan fingerprint density at radius 1 is 1.27 bits per heavy atom. The maximum absolute atomic E-state index is 11.9. The Balaban J connectivity index is 2.18. The van der Waals surface area contributed by atoms with Crippen LogP contribution in [0.25, 0.3) is 11.0 Å². The van der Waals surface area contributed by atoms with Crippen LogP contribution in [0.15, 0.2) is 24.3 Å². The number of fused-ring (bicyclic) bond motifs is 1. The topological polar surface area (TPSA) is 79.1 Å². The summed E-state index contributed by atoms with van der Waals surface area (Å²) >= 11 is 0. The van der Waals surface area contributed by atoms with Crippen LogP contribution in [-0.2, 0) is 9.53 Å². The fourth-order valence-electron chi connectivity index (χ4n) is 2.70. The SMILES string of the molecule is COC(=O)[C@@H](C#N)c1nc2ccccc2nc1N1CCCC1. The molecule has 0 radical (unpaired) electrons.